The van der Waals surface area contributed by atoms with Gasteiger partial charge in [0.2, 0.25) is 5.75 Å². The molecule has 0 radical (unpaired) electrons. The second kappa shape index (κ2) is 8.40. The zero-order chi connectivity index (χ0) is 22.8. The van der Waals surface area contributed by atoms with Crippen LogP contribution in [-0.4, -0.2) is 32.2 Å². The minimum Gasteiger partial charge on any atom is -0.504 e. The van der Waals surface area contributed by atoms with E-state index in [2.05, 4.69) is 5.32 Å². The van der Waals surface area contributed by atoms with Gasteiger partial charge in [-0.3, -0.25) is 19.8 Å². The molecule has 4 N–H and O–H groups in total. The summed E-state index contributed by atoms with van der Waals surface area (Å²) < 4.78 is 5.74. The number of hydrogen-bond donors (Lipinski definition) is 4. The third kappa shape index (κ3) is 3.96. The SMILES string of the molecule is O=C1NC(=S)N(c2ccc(Oc3ccccc3)cc2)C(=O)/C1=C/c1ccc(O)c(O)c1O. The molecule has 4 rings (SSSR count). The number of amides is 2. The number of anilines is 1. The summed E-state index contributed by atoms with van der Waals surface area (Å²) in [5.74, 6) is -2.25. The average molecular weight is 448 g/mol. The van der Waals surface area contributed by atoms with Crippen LogP contribution >= 0.6 is 12.2 Å². The summed E-state index contributed by atoms with van der Waals surface area (Å²) in [6, 6.07) is 18.1. The Morgan fingerprint density at radius 3 is 2.19 bits per heavy atom. The van der Waals surface area contributed by atoms with Crippen molar-refractivity contribution >= 4 is 40.9 Å². The van der Waals surface area contributed by atoms with Crippen LogP contribution in [0.4, 0.5) is 5.69 Å². The van der Waals surface area contributed by atoms with Crippen molar-refractivity contribution in [3.63, 3.8) is 0 Å². The van der Waals surface area contributed by atoms with Crippen LogP contribution in [-0.2, 0) is 9.59 Å². The lowest BCUT2D eigenvalue weighted by atomic mass is 10.1. The van der Waals surface area contributed by atoms with Gasteiger partial charge >= 0.3 is 0 Å². The molecule has 0 bridgehead atoms. The number of nitrogens with one attached hydrogen (secondary N) is 1. The van der Waals surface area contributed by atoms with Gasteiger partial charge in [-0.15, -0.1) is 0 Å². The Kier molecular flexibility index (Phi) is 5.48. The molecule has 0 saturated carbocycles. The molecule has 0 spiro atoms. The molecule has 1 fully saturated rings. The van der Waals surface area contributed by atoms with Gasteiger partial charge in [-0.1, -0.05) is 18.2 Å². The quantitative estimate of drug-likeness (QED) is 0.209. The van der Waals surface area contributed by atoms with Crippen molar-refractivity contribution in [2.45, 2.75) is 0 Å². The maximum Gasteiger partial charge on any atom is 0.270 e. The molecule has 2 amide bonds. The second-order valence-electron chi connectivity index (χ2n) is 6.74. The predicted molar refractivity (Wildman–Crippen MR) is 121 cm³/mol. The van der Waals surface area contributed by atoms with Gasteiger partial charge in [-0.05, 0) is 66.8 Å². The van der Waals surface area contributed by atoms with Crippen molar-refractivity contribution in [1.29, 1.82) is 0 Å². The summed E-state index contributed by atoms with van der Waals surface area (Å²) >= 11 is 5.17. The predicted octanol–water partition coefficient (Wildman–Crippen LogP) is 3.43. The summed E-state index contributed by atoms with van der Waals surface area (Å²) in [6.45, 7) is 0. The minimum atomic E-state index is -0.760. The van der Waals surface area contributed by atoms with Crippen LogP contribution in [0, 0.1) is 0 Å². The fraction of sp³-hybridized carbons (Fsp3) is 0. The first-order valence-corrected chi connectivity index (χ1v) is 9.74. The fourth-order valence-electron chi connectivity index (χ4n) is 3.04. The summed E-state index contributed by atoms with van der Waals surface area (Å²) in [7, 11) is 0. The first kappa shape index (κ1) is 20.9. The van der Waals surface area contributed by atoms with Crippen molar-refractivity contribution in [2.24, 2.45) is 0 Å². The maximum atomic E-state index is 13.1. The number of phenols is 3. The number of para-hydroxylation sites is 1. The Bertz CT molecular complexity index is 1260. The molecule has 160 valence electrons. The first-order chi connectivity index (χ1) is 15.3. The van der Waals surface area contributed by atoms with Gasteiger partial charge < -0.3 is 20.1 Å². The van der Waals surface area contributed by atoms with Gasteiger partial charge in [0, 0.05) is 5.56 Å². The van der Waals surface area contributed by atoms with Crippen LogP contribution in [0.5, 0.6) is 28.7 Å². The molecule has 3 aromatic carbocycles. The lowest BCUT2D eigenvalue weighted by Gasteiger charge is -2.29. The van der Waals surface area contributed by atoms with Gasteiger partial charge in [0.25, 0.3) is 11.8 Å². The number of thiocarbonyl (C=S) groups is 1. The Hall–Kier alpha value is -4.37. The zero-order valence-electron chi connectivity index (χ0n) is 16.4. The smallest absolute Gasteiger partial charge is 0.270 e. The molecular formula is C23H16N2O6S. The van der Waals surface area contributed by atoms with E-state index in [-0.39, 0.29) is 16.2 Å². The van der Waals surface area contributed by atoms with Gasteiger partial charge in [0.1, 0.15) is 17.1 Å². The number of benzene rings is 3. The lowest BCUT2D eigenvalue weighted by molar-refractivity contribution is -0.122. The lowest BCUT2D eigenvalue weighted by Crippen LogP contribution is -2.54. The first-order valence-electron chi connectivity index (χ1n) is 9.33. The topological polar surface area (TPSA) is 119 Å². The molecule has 1 aliphatic rings. The van der Waals surface area contributed by atoms with Crippen molar-refractivity contribution < 1.29 is 29.6 Å². The Morgan fingerprint density at radius 1 is 0.844 bits per heavy atom. The Balaban J connectivity index is 1.63. The molecule has 1 heterocycles. The number of rotatable bonds is 4. The highest BCUT2D eigenvalue weighted by atomic mass is 32.1. The van der Waals surface area contributed by atoms with E-state index in [1.165, 1.54) is 6.07 Å². The maximum absolute atomic E-state index is 13.1. The number of nitrogens with zero attached hydrogens (tertiary/aromatic N) is 1. The molecule has 1 saturated heterocycles. The average Bonchev–Trinajstić information content (AvgIpc) is 2.78. The van der Waals surface area contributed by atoms with E-state index in [0.29, 0.717) is 17.2 Å². The van der Waals surface area contributed by atoms with Gasteiger partial charge in [-0.2, -0.15) is 0 Å². The normalized spacial score (nSPS) is 15.1. The van der Waals surface area contributed by atoms with E-state index in [9.17, 15) is 24.9 Å². The molecule has 0 aromatic heterocycles. The van der Waals surface area contributed by atoms with Crippen molar-refractivity contribution in [2.75, 3.05) is 4.90 Å². The third-order valence-electron chi connectivity index (χ3n) is 4.64. The van der Waals surface area contributed by atoms with E-state index in [1.54, 1.807) is 36.4 Å². The highest BCUT2D eigenvalue weighted by Gasteiger charge is 2.34. The molecule has 8 nitrogen and oxygen atoms in total. The Morgan fingerprint density at radius 2 is 1.50 bits per heavy atom. The number of phenolic OH excluding ortho intramolecular Hbond substituents is 3. The number of aromatic hydroxyl groups is 3. The van der Waals surface area contributed by atoms with Gasteiger partial charge in [-0.25, -0.2) is 0 Å². The van der Waals surface area contributed by atoms with Crippen LogP contribution in [0.25, 0.3) is 6.08 Å². The van der Waals surface area contributed by atoms with Crippen LogP contribution in [0.15, 0.2) is 72.3 Å². The summed E-state index contributed by atoms with van der Waals surface area (Å²) in [5.41, 5.74) is 0.0471. The monoisotopic (exact) mass is 448 g/mol. The fourth-order valence-corrected chi connectivity index (χ4v) is 3.32. The molecule has 3 aromatic rings. The van der Waals surface area contributed by atoms with Crippen LogP contribution in [0.3, 0.4) is 0 Å². The summed E-state index contributed by atoms with van der Waals surface area (Å²) in [6.07, 6.45) is 1.10. The number of carbonyl (C=O) groups excluding carboxylic acids is 2. The number of hydrogen-bond acceptors (Lipinski definition) is 7. The zero-order valence-corrected chi connectivity index (χ0v) is 17.2. The largest absolute Gasteiger partial charge is 0.504 e. The van der Waals surface area contributed by atoms with Crippen LogP contribution < -0.4 is 15.0 Å². The molecule has 0 atom stereocenters. The standard InChI is InChI=1S/C23H16N2O6S/c26-18-11-6-13(19(27)20(18)28)12-17-21(29)24-23(32)25(22(17)30)14-7-9-16(10-8-14)31-15-4-2-1-3-5-15/h1-12,26-28H,(H,24,29,32)/b17-12+. The van der Waals surface area contributed by atoms with Crippen molar-refractivity contribution in [3.05, 3.63) is 77.9 Å². The van der Waals surface area contributed by atoms with Gasteiger partial charge in [0.05, 0.1) is 5.69 Å². The molecule has 0 aliphatic carbocycles. The Labute approximate surface area is 187 Å². The van der Waals surface area contributed by atoms with E-state index >= 15 is 0 Å². The second-order valence-corrected chi connectivity index (χ2v) is 7.12. The van der Waals surface area contributed by atoms with E-state index in [1.807, 2.05) is 18.2 Å². The highest BCUT2D eigenvalue weighted by molar-refractivity contribution is 7.80. The third-order valence-corrected chi connectivity index (χ3v) is 4.92. The van der Waals surface area contributed by atoms with E-state index in [4.69, 9.17) is 17.0 Å². The molecule has 32 heavy (non-hydrogen) atoms. The van der Waals surface area contributed by atoms with Crippen LogP contribution in [0.1, 0.15) is 5.56 Å². The van der Waals surface area contributed by atoms with Crippen molar-refractivity contribution in [1.82, 2.24) is 5.32 Å². The minimum absolute atomic E-state index is 0.0295. The van der Waals surface area contributed by atoms with Crippen LogP contribution in [0.2, 0.25) is 0 Å². The highest BCUT2D eigenvalue weighted by Crippen LogP contribution is 2.38. The summed E-state index contributed by atoms with van der Waals surface area (Å²) in [4.78, 5) is 26.6. The molecule has 9 heteroatoms. The number of carbonyl (C=O) groups is 2. The summed E-state index contributed by atoms with van der Waals surface area (Å²) in [5, 5.41) is 31.5. The molecular weight excluding hydrogens is 432 g/mol. The molecule has 1 aliphatic heterocycles. The van der Waals surface area contributed by atoms with E-state index in [0.717, 1.165) is 17.0 Å². The van der Waals surface area contributed by atoms with Crippen molar-refractivity contribution in [3.8, 4) is 28.7 Å². The molecule has 0 unspecified atom stereocenters. The van der Waals surface area contributed by atoms with Gasteiger partial charge in [0.15, 0.2) is 16.6 Å². The van der Waals surface area contributed by atoms with E-state index < -0.39 is 29.1 Å². The number of ether oxygens (including phenoxy) is 1.